The first-order chi connectivity index (χ1) is 8.38. The number of fused-ring (bicyclic) bond motifs is 1. The van der Waals surface area contributed by atoms with E-state index in [-0.39, 0.29) is 12.3 Å². The van der Waals surface area contributed by atoms with E-state index >= 15 is 0 Å². The number of primary amides is 1. The first-order valence-corrected chi connectivity index (χ1v) is 5.52. The van der Waals surface area contributed by atoms with Crippen LogP contribution in [0.1, 0.15) is 24.3 Å². The lowest BCUT2D eigenvalue weighted by molar-refractivity contribution is -0.0332. The molecule has 96 valence electrons. The van der Waals surface area contributed by atoms with Crippen LogP contribution in [0, 0.1) is 0 Å². The van der Waals surface area contributed by atoms with E-state index in [1.54, 1.807) is 38.1 Å². The van der Waals surface area contributed by atoms with Gasteiger partial charge in [0.05, 0.1) is 5.60 Å². The Morgan fingerprint density at radius 3 is 2.78 bits per heavy atom. The molecule has 2 aromatic rings. The summed E-state index contributed by atoms with van der Waals surface area (Å²) in [5, 5.41) is 14.2. The normalized spacial score (nSPS) is 11.7. The molecule has 2 rings (SSSR count). The monoisotopic (exact) mass is 249 g/mol. The Balaban J connectivity index is 2.42. The second-order valence-corrected chi connectivity index (χ2v) is 4.69. The van der Waals surface area contributed by atoms with Crippen molar-refractivity contribution in [1.82, 2.24) is 9.94 Å². The van der Waals surface area contributed by atoms with Crippen LogP contribution in [0.3, 0.4) is 0 Å². The van der Waals surface area contributed by atoms with E-state index in [4.69, 9.17) is 10.6 Å². The number of rotatable bonds is 4. The van der Waals surface area contributed by atoms with Crippen molar-refractivity contribution in [2.45, 2.75) is 19.4 Å². The van der Waals surface area contributed by atoms with Crippen molar-refractivity contribution in [2.75, 3.05) is 6.61 Å². The first kappa shape index (κ1) is 12.4. The summed E-state index contributed by atoms with van der Waals surface area (Å²) in [5.74, 6) is -0.614. The van der Waals surface area contributed by atoms with Gasteiger partial charge in [-0.05, 0) is 19.9 Å². The molecule has 6 heteroatoms. The Bertz CT molecular complexity index is 584. The molecule has 1 heterocycles. The molecule has 0 spiro atoms. The third-order valence-corrected chi connectivity index (χ3v) is 2.33. The third kappa shape index (κ3) is 2.43. The molecule has 0 saturated carbocycles. The van der Waals surface area contributed by atoms with Crippen molar-refractivity contribution in [3.63, 3.8) is 0 Å². The summed E-state index contributed by atoms with van der Waals surface area (Å²) in [6.45, 7) is 3.29. The summed E-state index contributed by atoms with van der Waals surface area (Å²) in [6.07, 6.45) is 0. The lowest BCUT2D eigenvalue weighted by atomic mass is 10.2. The molecule has 6 nitrogen and oxygen atoms in total. The molecule has 0 saturated heterocycles. The van der Waals surface area contributed by atoms with Crippen molar-refractivity contribution < 1.29 is 14.7 Å². The molecule has 0 aliphatic heterocycles. The number of carbonyl (C=O) groups excluding carboxylic acids is 1. The average Bonchev–Trinajstić information content (AvgIpc) is 2.64. The van der Waals surface area contributed by atoms with Gasteiger partial charge >= 0.3 is 0 Å². The maximum atomic E-state index is 11.3. The van der Waals surface area contributed by atoms with Crippen molar-refractivity contribution in [1.29, 1.82) is 0 Å². The minimum absolute atomic E-state index is 0.0525. The minimum Gasteiger partial charge on any atom is -0.393 e. The molecule has 0 radical (unpaired) electrons. The van der Waals surface area contributed by atoms with Crippen LogP contribution in [0.5, 0.6) is 0 Å². The number of nitrogens with zero attached hydrogens (tertiary/aromatic N) is 2. The largest absolute Gasteiger partial charge is 0.393 e. The fourth-order valence-electron chi connectivity index (χ4n) is 1.54. The van der Waals surface area contributed by atoms with Crippen LogP contribution in [-0.2, 0) is 0 Å². The van der Waals surface area contributed by atoms with Gasteiger partial charge in [0, 0.05) is 5.39 Å². The summed E-state index contributed by atoms with van der Waals surface area (Å²) in [6, 6.07) is 7.10. The molecular formula is C12H15N3O3. The van der Waals surface area contributed by atoms with Gasteiger partial charge in [-0.3, -0.25) is 4.79 Å². The molecule has 18 heavy (non-hydrogen) atoms. The van der Waals surface area contributed by atoms with E-state index < -0.39 is 11.5 Å². The quantitative estimate of drug-likeness (QED) is 0.817. The topological polar surface area (TPSA) is 90.4 Å². The number of amides is 1. The van der Waals surface area contributed by atoms with E-state index in [1.807, 2.05) is 0 Å². The highest BCUT2D eigenvalue weighted by atomic mass is 16.7. The van der Waals surface area contributed by atoms with Crippen LogP contribution in [-0.4, -0.2) is 33.2 Å². The van der Waals surface area contributed by atoms with Gasteiger partial charge in [0.1, 0.15) is 12.1 Å². The molecule has 1 amide bonds. The summed E-state index contributed by atoms with van der Waals surface area (Å²) < 4.78 is 0. The molecule has 0 aliphatic rings. The maximum absolute atomic E-state index is 11.3. The molecule has 0 unspecified atom stereocenters. The number of hydrogen-bond acceptors (Lipinski definition) is 4. The SMILES string of the molecule is CC(C)(O)COn1nc(C(N)=O)c2ccccc21. The van der Waals surface area contributed by atoms with Gasteiger partial charge in [-0.15, -0.1) is 5.10 Å². The van der Waals surface area contributed by atoms with Crippen LogP contribution in [0.15, 0.2) is 24.3 Å². The highest BCUT2D eigenvalue weighted by Crippen LogP contribution is 2.17. The number of para-hydroxylation sites is 1. The molecule has 0 atom stereocenters. The van der Waals surface area contributed by atoms with Crippen molar-refractivity contribution in [3.8, 4) is 0 Å². The maximum Gasteiger partial charge on any atom is 0.269 e. The minimum atomic E-state index is -0.986. The third-order valence-electron chi connectivity index (χ3n) is 2.33. The Morgan fingerprint density at radius 2 is 2.17 bits per heavy atom. The fourth-order valence-corrected chi connectivity index (χ4v) is 1.54. The Kier molecular flexibility index (Phi) is 2.96. The van der Waals surface area contributed by atoms with E-state index in [2.05, 4.69) is 5.10 Å². The number of nitrogens with two attached hydrogens (primary N) is 1. The molecule has 0 bridgehead atoms. The fraction of sp³-hybridized carbons (Fsp3) is 0.333. The highest BCUT2D eigenvalue weighted by Gasteiger charge is 2.18. The van der Waals surface area contributed by atoms with Crippen molar-refractivity contribution >= 4 is 16.8 Å². The molecule has 0 fully saturated rings. The smallest absolute Gasteiger partial charge is 0.269 e. The second kappa shape index (κ2) is 4.30. The molecule has 1 aromatic carbocycles. The summed E-state index contributed by atoms with van der Waals surface area (Å²) in [5.41, 5.74) is 5.06. The number of benzene rings is 1. The average molecular weight is 249 g/mol. The van der Waals surface area contributed by atoms with Crippen molar-refractivity contribution in [3.05, 3.63) is 30.0 Å². The van der Waals surface area contributed by atoms with Gasteiger partial charge in [0.2, 0.25) is 0 Å². The molecule has 0 aliphatic carbocycles. The van der Waals surface area contributed by atoms with E-state index in [0.717, 1.165) is 0 Å². The molecule has 1 aromatic heterocycles. The van der Waals surface area contributed by atoms with E-state index in [9.17, 15) is 9.90 Å². The predicted molar refractivity (Wildman–Crippen MR) is 66.0 cm³/mol. The highest BCUT2D eigenvalue weighted by molar-refractivity contribution is 6.03. The summed E-state index contributed by atoms with van der Waals surface area (Å²) >= 11 is 0. The summed E-state index contributed by atoms with van der Waals surface area (Å²) in [7, 11) is 0. The zero-order valence-electron chi connectivity index (χ0n) is 10.3. The van der Waals surface area contributed by atoms with Crippen LogP contribution in [0.25, 0.3) is 10.9 Å². The Labute approximate surface area is 104 Å². The van der Waals surface area contributed by atoms with Crippen molar-refractivity contribution in [2.24, 2.45) is 5.73 Å². The lowest BCUT2D eigenvalue weighted by Crippen LogP contribution is -2.32. The zero-order chi connectivity index (χ0) is 13.3. The Morgan fingerprint density at radius 1 is 1.50 bits per heavy atom. The number of aromatic nitrogens is 2. The second-order valence-electron chi connectivity index (χ2n) is 4.69. The zero-order valence-corrected chi connectivity index (χ0v) is 10.3. The number of carbonyl (C=O) groups is 1. The van der Waals surface area contributed by atoms with Crippen LogP contribution >= 0.6 is 0 Å². The van der Waals surface area contributed by atoms with Gasteiger partial charge in [-0.2, -0.15) is 0 Å². The lowest BCUT2D eigenvalue weighted by Gasteiger charge is -2.17. The van der Waals surface area contributed by atoms with E-state index in [1.165, 1.54) is 4.85 Å². The predicted octanol–water partition coefficient (Wildman–Crippen LogP) is 0.335. The van der Waals surface area contributed by atoms with Gasteiger partial charge in [0.25, 0.3) is 5.91 Å². The van der Waals surface area contributed by atoms with Crippen LogP contribution in [0.2, 0.25) is 0 Å². The van der Waals surface area contributed by atoms with Crippen LogP contribution < -0.4 is 10.6 Å². The standard InChI is InChI=1S/C12H15N3O3/c1-12(2,17)7-18-15-9-6-4-3-5-8(9)10(14-15)11(13)16/h3-6,17H,7H2,1-2H3,(H2,13,16). The Hall–Kier alpha value is -2.08. The first-order valence-electron chi connectivity index (χ1n) is 5.52. The molecule has 3 N–H and O–H groups in total. The number of hydrogen-bond donors (Lipinski definition) is 2. The van der Waals surface area contributed by atoms with Gasteiger partial charge < -0.3 is 15.7 Å². The molecular weight excluding hydrogens is 234 g/mol. The summed E-state index contributed by atoms with van der Waals surface area (Å²) in [4.78, 5) is 17.8. The van der Waals surface area contributed by atoms with E-state index in [0.29, 0.717) is 10.9 Å². The van der Waals surface area contributed by atoms with Gasteiger partial charge in [0.15, 0.2) is 5.69 Å². The number of aliphatic hydroxyl groups is 1. The van der Waals surface area contributed by atoms with Crippen LogP contribution in [0.4, 0.5) is 0 Å². The van der Waals surface area contributed by atoms with Gasteiger partial charge in [-0.25, -0.2) is 0 Å². The van der Waals surface area contributed by atoms with Gasteiger partial charge in [-0.1, -0.05) is 23.0 Å².